The van der Waals surface area contributed by atoms with Crippen LogP contribution in [0.25, 0.3) is 11.4 Å². The normalized spacial score (nSPS) is 14.5. The van der Waals surface area contributed by atoms with E-state index in [-0.39, 0.29) is 11.5 Å². The van der Waals surface area contributed by atoms with E-state index < -0.39 is 23.3 Å². The van der Waals surface area contributed by atoms with Gasteiger partial charge in [-0.15, -0.1) is 10.2 Å². The van der Waals surface area contributed by atoms with E-state index in [9.17, 15) is 18.4 Å². The van der Waals surface area contributed by atoms with Crippen LogP contribution in [0.5, 0.6) is 0 Å². The van der Waals surface area contributed by atoms with Crippen molar-refractivity contribution in [1.82, 2.24) is 25.1 Å². The lowest BCUT2D eigenvalue weighted by atomic mass is 9.88. The summed E-state index contributed by atoms with van der Waals surface area (Å²) in [6.07, 6.45) is 1.77. The molecule has 1 aliphatic rings. The highest BCUT2D eigenvalue weighted by Crippen LogP contribution is 2.24. The minimum atomic E-state index is -0.716. The predicted octanol–water partition coefficient (Wildman–Crippen LogP) is 3.52. The van der Waals surface area contributed by atoms with E-state index >= 15 is 0 Å². The summed E-state index contributed by atoms with van der Waals surface area (Å²) in [4.78, 5) is 28.3. The van der Waals surface area contributed by atoms with Crippen molar-refractivity contribution >= 4 is 11.7 Å². The zero-order valence-corrected chi connectivity index (χ0v) is 17.5. The summed E-state index contributed by atoms with van der Waals surface area (Å²) in [5.41, 5.74) is 0.662. The molecule has 1 fully saturated rings. The summed E-state index contributed by atoms with van der Waals surface area (Å²) in [6, 6.07) is 12.4. The van der Waals surface area contributed by atoms with E-state index in [1.165, 1.54) is 4.80 Å². The molecule has 7 nitrogen and oxygen atoms in total. The van der Waals surface area contributed by atoms with Gasteiger partial charge in [-0.2, -0.15) is 4.80 Å². The van der Waals surface area contributed by atoms with Crippen LogP contribution in [-0.2, 0) is 11.3 Å². The van der Waals surface area contributed by atoms with Gasteiger partial charge in [0.1, 0.15) is 11.6 Å². The number of piperidine rings is 1. The Kier molecular flexibility index (Phi) is 6.63. The van der Waals surface area contributed by atoms with E-state index in [1.54, 1.807) is 4.90 Å². The van der Waals surface area contributed by atoms with Crippen molar-refractivity contribution in [3.8, 4) is 11.4 Å². The Morgan fingerprint density at radius 2 is 1.78 bits per heavy atom. The van der Waals surface area contributed by atoms with E-state index in [4.69, 9.17) is 0 Å². The van der Waals surface area contributed by atoms with Crippen LogP contribution < -0.4 is 0 Å². The third-order valence-electron chi connectivity index (χ3n) is 5.65. The molecule has 0 atom stereocenters. The number of ketones is 1. The Labute approximate surface area is 184 Å². The Hall–Kier alpha value is -3.49. The van der Waals surface area contributed by atoms with Crippen molar-refractivity contribution in [2.24, 2.45) is 5.92 Å². The number of halogens is 2. The van der Waals surface area contributed by atoms with Crippen LogP contribution in [0.1, 0.15) is 36.0 Å². The number of likely N-dealkylation sites (tertiary alicyclic amines) is 1. The van der Waals surface area contributed by atoms with Gasteiger partial charge in [-0.05, 0) is 42.7 Å². The van der Waals surface area contributed by atoms with Gasteiger partial charge in [0.2, 0.25) is 11.7 Å². The number of amides is 1. The molecule has 0 spiro atoms. The first-order valence-electron chi connectivity index (χ1n) is 10.6. The first-order valence-corrected chi connectivity index (χ1v) is 10.6. The smallest absolute Gasteiger partial charge is 0.222 e. The van der Waals surface area contributed by atoms with Gasteiger partial charge >= 0.3 is 0 Å². The standard InChI is InChI=1S/C23H23F2N5O2/c24-18-8-9-20(25)19(15-18)22(32)16-10-13-29(14-11-16)21(31)7-4-12-30-27-23(26-28-30)17-5-2-1-3-6-17/h1-3,5-6,8-9,15-16H,4,7,10-14H2. The number of carbonyl (C=O) groups is 2. The van der Waals surface area contributed by atoms with Gasteiger partial charge in [-0.3, -0.25) is 9.59 Å². The molecule has 0 radical (unpaired) electrons. The van der Waals surface area contributed by atoms with Crippen molar-refractivity contribution in [3.05, 3.63) is 65.7 Å². The summed E-state index contributed by atoms with van der Waals surface area (Å²) >= 11 is 0. The largest absolute Gasteiger partial charge is 0.343 e. The number of aryl methyl sites for hydroxylation is 1. The zero-order chi connectivity index (χ0) is 22.5. The summed E-state index contributed by atoms with van der Waals surface area (Å²) < 4.78 is 27.3. The van der Waals surface area contributed by atoms with Crippen molar-refractivity contribution in [2.45, 2.75) is 32.2 Å². The molecule has 0 N–H and O–H groups in total. The number of nitrogens with zero attached hydrogens (tertiary/aromatic N) is 5. The van der Waals surface area contributed by atoms with Crippen molar-refractivity contribution in [2.75, 3.05) is 13.1 Å². The molecular weight excluding hydrogens is 416 g/mol. The van der Waals surface area contributed by atoms with E-state index in [2.05, 4.69) is 15.4 Å². The van der Waals surface area contributed by atoms with Gasteiger partial charge < -0.3 is 4.90 Å². The zero-order valence-electron chi connectivity index (χ0n) is 17.5. The summed E-state index contributed by atoms with van der Waals surface area (Å²) in [5, 5.41) is 12.4. The second-order valence-electron chi connectivity index (χ2n) is 7.82. The number of benzene rings is 2. The molecule has 166 valence electrons. The lowest BCUT2D eigenvalue weighted by Crippen LogP contribution is -2.40. The first-order chi connectivity index (χ1) is 15.5. The lowest BCUT2D eigenvalue weighted by molar-refractivity contribution is -0.132. The number of Topliss-reactive ketones (excluding diaryl/α,β-unsaturated/α-hetero) is 1. The molecule has 1 amide bonds. The van der Waals surface area contributed by atoms with Crippen LogP contribution >= 0.6 is 0 Å². The maximum absolute atomic E-state index is 13.9. The van der Waals surface area contributed by atoms with E-state index in [1.807, 2.05) is 30.3 Å². The topological polar surface area (TPSA) is 81.0 Å². The average Bonchev–Trinajstić information content (AvgIpc) is 3.30. The average molecular weight is 439 g/mol. The maximum Gasteiger partial charge on any atom is 0.222 e. The molecule has 2 heterocycles. The van der Waals surface area contributed by atoms with Crippen molar-refractivity contribution < 1.29 is 18.4 Å². The number of carbonyl (C=O) groups excluding carboxylic acids is 2. The molecule has 0 unspecified atom stereocenters. The molecule has 2 aromatic carbocycles. The highest BCUT2D eigenvalue weighted by Gasteiger charge is 2.29. The van der Waals surface area contributed by atoms with Crippen molar-refractivity contribution in [3.63, 3.8) is 0 Å². The number of rotatable bonds is 7. The summed E-state index contributed by atoms with van der Waals surface area (Å²) in [5.74, 6) is -1.63. The van der Waals surface area contributed by atoms with Gasteiger partial charge in [0.25, 0.3) is 0 Å². The van der Waals surface area contributed by atoms with E-state index in [0.29, 0.717) is 51.1 Å². The van der Waals surface area contributed by atoms with Crippen LogP contribution in [0.2, 0.25) is 0 Å². The summed E-state index contributed by atoms with van der Waals surface area (Å²) in [7, 11) is 0. The SMILES string of the molecule is O=C(c1cc(F)ccc1F)C1CCN(C(=O)CCCn2nnc(-c3ccccc3)n2)CC1. The molecule has 0 saturated carbocycles. The molecule has 3 aromatic rings. The van der Waals surface area contributed by atoms with Gasteiger partial charge in [-0.25, -0.2) is 8.78 Å². The number of hydrogen-bond acceptors (Lipinski definition) is 5. The highest BCUT2D eigenvalue weighted by atomic mass is 19.1. The second-order valence-corrected chi connectivity index (χ2v) is 7.82. The van der Waals surface area contributed by atoms with Gasteiger partial charge in [0.15, 0.2) is 5.78 Å². The predicted molar refractivity (Wildman–Crippen MR) is 112 cm³/mol. The third kappa shape index (κ3) is 5.04. The minimum Gasteiger partial charge on any atom is -0.343 e. The second kappa shape index (κ2) is 9.76. The fraction of sp³-hybridized carbons (Fsp3) is 0.348. The number of hydrogen-bond donors (Lipinski definition) is 0. The quantitative estimate of drug-likeness (QED) is 0.526. The highest BCUT2D eigenvalue weighted by molar-refractivity contribution is 5.98. The molecule has 32 heavy (non-hydrogen) atoms. The molecule has 1 aliphatic heterocycles. The molecule has 1 aromatic heterocycles. The van der Waals surface area contributed by atoms with Crippen molar-refractivity contribution in [1.29, 1.82) is 0 Å². The van der Waals surface area contributed by atoms with Crippen LogP contribution in [0.3, 0.4) is 0 Å². The van der Waals surface area contributed by atoms with Gasteiger partial charge in [0, 0.05) is 31.0 Å². The van der Waals surface area contributed by atoms with Crippen LogP contribution in [0.4, 0.5) is 8.78 Å². The number of aromatic nitrogens is 4. The Bertz CT molecular complexity index is 1090. The van der Waals surface area contributed by atoms with Gasteiger partial charge in [-0.1, -0.05) is 30.3 Å². The fourth-order valence-corrected chi connectivity index (χ4v) is 3.87. The Balaban J connectivity index is 1.23. The summed E-state index contributed by atoms with van der Waals surface area (Å²) in [6.45, 7) is 1.32. The fourth-order valence-electron chi connectivity index (χ4n) is 3.87. The molecule has 4 rings (SSSR count). The van der Waals surface area contributed by atoms with Crippen LogP contribution in [0.15, 0.2) is 48.5 Å². The minimum absolute atomic E-state index is 0.00349. The van der Waals surface area contributed by atoms with E-state index in [0.717, 1.165) is 23.8 Å². The molecule has 0 bridgehead atoms. The molecule has 0 aliphatic carbocycles. The monoisotopic (exact) mass is 439 g/mol. The Morgan fingerprint density at radius 1 is 1.03 bits per heavy atom. The lowest BCUT2D eigenvalue weighted by Gasteiger charge is -2.31. The molecule has 1 saturated heterocycles. The van der Waals surface area contributed by atoms with Crippen LogP contribution in [-0.4, -0.2) is 49.9 Å². The Morgan fingerprint density at radius 3 is 2.53 bits per heavy atom. The molecule has 9 heteroatoms. The van der Waals surface area contributed by atoms with Gasteiger partial charge in [0.05, 0.1) is 12.1 Å². The third-order valence-corrected chi connectivity index (χ3v) is 5.65. The van der Waals surface area contributed by atoms with Crippen LogP contribution in [0, 0.1) is 17.6 Å². The molecular formula is C23H23F2N5O2. The maximum atomic E-state index is 13.9. The number of tetrazole rings is 1. The first kappa shape index (κ1) is 21.7.